The highest BCUT2D eigenvalue weighted by atomic mass is 79.9. The fourth-order valence-corrected chi connectivity index (χ4v) is 1.70. The van der Waals surface area contributed by atoms with Crippen LogP contribution in [0, 0.1) is 0 Å². The molecule has 0 amide bonds. The highest BCUT2D eigenvalue weighted by Gasteiger charge is 2.06. The Morgan fingerprint density at radius 3 is 2.80 bits per heavy atom. The molecule has 0 radical (unpaired) electrons. The molecule has 7 heteroatoms. The first-order valence-electron chi connectivity index (χ1n) is 3.93. The minimum Gasteiger partial charge on any atom is -0.492 e. The van der Waals surface area contributed by atoms with E-state index in [2.05, 4.69) is 26.0 Å². The summed E-state index contributed by atoms with van der Waals surface area (Å²) in [6, 6.07) is 3.25. The molecular weight excluding hydrogens is 305 g/mol. The summed E-state index contributed by atoms with van der Waals surface area (Å²) in [7, 11) is 0. The minimum atomic E-state index is 0.251. The number of hydrogen-bond acceptors (Lipinski definition) is 2. The molecule has 0 bridgehead atoms. The van der Waals surface area contributed by atoms with Crippen molar-refractivity contribution in [3.05, 3.63) is 37.1 Å². The van der Waals surface area contributed by atoms with Gasteiger partial charge in [-0.2, -0.15) is 0 Å². The van der Waals surface area contributed by atoms with Gasteiger partial charge in [-0.15, -0.1) is 0 Å². The van der Waals surface area contributed by atoms with Crippen LogP contribution in [-0.4, -0.2) is 13.2 Å². The zero-order valence-electron chi connectivity index (χ0n) is 7.45. The first kappa shape index (κ1) is 12.5. The van der Waals surface area contributed by atoms with E-state index >= 15 is 0 Å². The molecule has 1 aromatic carbocycles. The molecule has 0 unspecified atom stereocenters. The summed E-state index contributed by atoms with van der Waals surface area (Å²) in [5.74, 6) is 0.470. The van der Waals surface area contributed by atoms with Crippen molar-refractivity contribution in [2.45, 2.75) is 0 Å². The molecule has 0 spiro atoms. The number of halogens is 3. The van der Waals surface area contributed by atoms with Crippen LogP contribution in [0.15, 0.2) is 21.7 Å². The normalized spacial score (nSPS) is 9.53. The predicted octanol–water partition coefficient (Wildman–Crippen LogP) is 4.45. The highest BCUT2D eigenvalue weighted by Crippen LogP contribution is 2.33. The molecule has 0 aromatic heterocycles. The van der Waals surface area contributed by atoms with Crippen LogP contribution in [0.3, 0.4) is 0 Å². The van der Waals surface area contributed by atoms with E-state index in [1.165, 1.54) is 0 Å². The molecule has 15 heavy (non-hydrogen) atoms. The van der Waals surface area contributed by atoms with E-state index in [-0.39, 0.29) is 13.2 Å². The van der Waals surface area contributed by atoms with Gasteiger partial charge in [-0.1, -0.05) is 28.3 Å². The van der Waals surface area contributed by atoms with Crippen LogP contribution in [0.2, 0.25) is 10.0 Å². The summed E-state index contributed by atoms with van der Waals surface area (Å²) >= 11 is 15.0. The average molecular weight is 311 g/mol. The fraction of sp³-hybridized carbons (Fsp3) is 0.250. The Morgan fingerprint density at radius 2 is 2.13 bits per heavy atom. The number of ether oxygens (including phenoxy) is 1. The number of benzene rings is 1. The van der Waals surface area contributed by atoms with Crippen molar-refractivity contribution in [1.29, 1.82) is 0 Å². The fourth-order valence-electron chi connectivity index (χ4n) is 0.856. The van der Waals surface area contributed by atoms with Gasteiger partial charge in [0.05, 0.1) is 23.2 Å². The van der Waals surface area contributed by atoms with Crippen molar-refractivity contribution in [2.75, 3.05) is 13.2 Å². The molecule has 0 atom stereocenters. The average Bonchev–Trinajstić information content (AvgIpc) is 2.20. The molecule has 0 aliphatic heterocycles. The summed E-state index contributed by atoms with van der Waals surface area (Å²) in [4.78, 5) is 2.60. The topological polar surface area (TPSA) is 58.0 Å². The second-order valence-corrected chi connectivity index (χ2v) is 4.17. The molecule has 0 aliphatic rings. The largest absolute Gasteiger partial charge is 0.492 e. The Hall–Kier alpha value is -0.610. The minimum absolute atomic E-state index is 0.251. The maximum Gasteiger partial charge on any atom is 0.139 e. The predicted molar refractivity (Wildman–Crippen MR) is 63.7 cm³/mol. The van der Waals surface area contributed by atoms with Gasteiger partial charge in [-0.05, 0) is 27.5 Å². The quantitative estimate of drug-likeness (QED) is 0.266. The smallest absolute Gasteiger partial charge is 0.139 e. The lowest BCUT2D eigenvalue weighted by molar-refractivity contribution is 0.328. The molecule has 0 heterocycles. The van der Waals surface area contributed by atoms with Crippen molar-refractivity contribution < 1.29 is 4.74 Å². The third kappa shape index (κ3) is 3.80. The molecule has 0 N–H and O–H groups in total. The molecule has 4 nitrogen and oxygen atoms in total. The van der Waals surface area contributed by atoms with Gasteiger partial charge in [-0.25, -0.2) is 0 Å². The van der Waals surface area contributed by atoms with Crippen molar-refractivity contribution in [3.63, 3.8) is 0 Å². The lowest BCUT2D eigenvalue weighted by Crippen LogP contribution is -2.00. The van der Waals surface area contributed by atoms with Gasteiger partial charge >= 0.3 is 0 Å². The van der Waals surface area contributed by atoms with Crippen LogP contribution in [0.25, 0.3) is 10.4 Å². The number of nitrogens with zero attached hydrogens (tertiary/aromatic N) is 3. The maximum atomic E-state index is 8.05. The molecule has 1 rings (SSSR count). The van der Waals surface area contributed by atoms with Crippen LogP contribution in [0.4, 0.5) is 0 Å². The van der Waals surface area contributed by atoms with Gasteiger partial charge in [0.25, 0.3) is 0 Å². The Labute approximate surface area is 105 Å². The molecule has 0 fully saturated rings. The first-order chi connectivity index (χ1) is 7.15. The first-order valence-corrected chi connectivity index (χ1v) is 5.48. The van der Waals surface area contributed by atoms with Crippen molar-refractivity contribution >= 4 is 39.1 Å². The summed E-state index contributed by atoms with van der Waals surface area (Å²) in [5, 5.41) is 4.29. The second kappa shape index (κ2) is 6.08. The summed E-state index contributed by atoms with van der Waals surface area (Å²) in [6.07, 6.45) is 0. The lowest BCUT2D eigenvalue weighted by Gasteiger charge is -2.07. The van der Waals surface area contributed by atoms with E-state index in [1.807, 2.05) is 0 Å². The van der Waals surface area contributed by atoms with E-state index < -0.39 is 0 Å². The molecular formula is C8H6BrCl2N3O. The van der Waals surface area contributed by atoms with E-state index in [9.17, 15) is 0 Å². The van der Waals surface area contributed by atoms with Crippen LogP contribution in [0.1, 0.15) is 0 Å². The highest BCUT2D eigenvalue weighted by molar-refractivity contribution is 9.10. The monoisotopic (exact) mass is 309 g/mol. The van der Waals surface area contributed by atoms with E-state index in [0.717, 1.165) is 0 Å². The Kier molecular flexibility index (Phi) is 5.05. The molecule has 0 aliphatic carbocycles. The van der Waals surface area contributed by atoms with Crippen molar-refractivity contribution in [1.82, 2.24) is 0 Å². The zero-order chi connectivity index (χ0) is 11.3. The summed E-state index contributed by atoms with van der Waals surface area (Å²) in [6.45, 7) is 0.516. The summed E-state index contributed by atoms with van der Waals surface area (Å²) in [5.41, 5.74) is 8.05. The number of rotatable bonds is 4. The second-order valence-electron chi connectivity index (χ2n) is 2.50. The molecule has 1 aromatic rings. The van der Waals surface area contributed by atoms with Crippen LogP contribution < -0.4 is 4.74 Å². The van der Waals surface area contributed by atoms with Crippen LogP contribution in [-0.2, 0) is 0 Å². The number of azide groups is 1. The standard InChI is InChI=1S/C8H6BrCl2N3O/c9-5-3-7(11)8(4-6(5)10)15-2-1-13-14-12/h3-4H,1-2H2. The van der Waals surface area contributed by atoms with Gasteiger partial charge in [0.2, 0.25) is 0 Å². The van der Waals surface area contributed by atoms with Gasteiger partial charge in [0.15, 0.2) is 0 Å². The van der Waals surface area contributed by atoms with Gasteiger partial charge < -0.3 is 4.74 Å². The zero-order valence-corrected chi connectivity index (χ0v) is 10.6. The van der Waals surface area contributed by atoms with E-state index in [0.29, 0.717) is 20.3 Å². The van der Waals surface area contributed by atoms with Gasteiger partial charge in [-0.3, -0.25) is 0 Å². The lowest BCUT2D eigenvalue weighted by atomic mass is 10.3. The van der Waals surface area contributed by atoms with Gasteiger partial charge in [0, 0.05) is 15.5 Å². The Balaban J connectivity index is 2.68. The Bertz CT molecular complexity index is 407. The van der Waals surface area contributed by atoms with Gasteiger partial charge in [0.1, 0.15) is 5.75 Å². The van der Waals surface area contributed by atoms with Crippen LogP contribution >= 0.6 is 39.1 Å². The van der Waals surface area contributed by atoms with Crippen molar-refractivity contribution in [3.8, 4) is 5.75 Å². The van der Waals surface area contributed by atoms with Crippen LogP contribution in [0.5, 0.6) is 5.75 Å². The SMILES string of the molecule is [N-]=[N+]=NCCOc1cc(Cl)c(Br)cc1Cl. The number of hydrogen-bond donors (Lipinski definition) is 0. The third-order valence-electron chi connectivity index (χ3n) is 1.49. The van der Waals surface area contributed by atoms with E-state index in [4.69, 9.17) is 33.5 Å². The van der Waals surface area contributed by atoms with E-state index in [1.54, 1.807) is 12.1 Å². The maximum absolute atomic E-state index is 8.05. The third-order valence-corrected chi connectivity index (χ3v) is 2.98. The van der Waals surface area contributed by atoms with Crippen molar-refractivity contribution in [2.24, 2.45) is 5.11 Å². The Morgan fingerprint density at radius 1 is 1.40 bits per heavy atom. The molecule has 0 saturated carbocycles. The molecule has 80 valence electrons. The molecule has 0 saturated heterocycles. The summed E-state index contributed by atoms with van der Waals surface area (Å²) < 4.78 is 5.98.